The molecule has 2 N–H and O–H groups in total. The predicted molar refractivity (Wildman–Crippen MR) is 71.2 cm³/mol. The third-order valence-electron chi connectivity index (χ3n) is 2.69. The summed E-state index contributed by atoms with van der Waals surface area (Å²) in [7, 11) is -1.34. The second-order valence-corrected chi connectivity index (χ2v) is 6.38. The number of benzene rings is 1. The van der Waals surface area contributed by atoms with Crippen LogP contribution < -0.4 is 5.73 Å². The fraction of sp³-hybridized carbons (Fsp3) is 0.538. The lowest BCUT2D eigenvalue weighted by molar-refractivity contribution is -0.137. The van der Waals surface area contributed by atoms with Gasteiger partial charge in [-0.1, -0.05) is 20.3 Å². The SMILES string of the molecule is CC(C)CCCS(=O)c1ccc(C(F)(F)F)cc1N. The van der Waals surface area contributed by atoms with Gasteiger partial charge in [0.05, 0.1) is 21.3 Å². The first kappa shape index (κ1) is 16.0. The molecule has 0 heterocycles. The van der Waals surface area contributed by atoms with Crippen LogP contribution >= 0.6 is 0 Å². The summed E-state index contributed by atoms with van der Waals surface area (Å²) in [6.45, 7) is 4.13. The van der Waals surface area contributed by atoms with Gasteiger partial charge in [0.1, 0.15) is 0 Å². The zero-order chi connectivity index (χ0) is 14.6. The molecule has 108 valence electrons. The fourth-order valence-corrected chi connectivity index (χ4v) is 2.86. The Bertz CT molecular complexity index is 458. The summed E-state index contributed by atoms with van der Waals surface area (Å²) in [5, 5.41) is 0. The van der Waals surface area contributed by atoms with Crippen molar-refractivity contribution >= 4 is 16.5 Å². The van der Waals surface area contributed by atoms with E-state index in [4.69, 9.17) is 5.73 Å². The van der Waals surface area contributed by atoms with Gasteiger partial charge in [0.2, 0.25) is 0 Å². The van der Waals surface area contributed by atoms with E-state index in [9.17, 15) is 17.4 Å². The van der Waals surface area contributed by atoms with Crippen molar-refractivity contribution in [3.8, 4) is 0 Å². The zero-order valence-electron chi connectivity index (χ0n) is 11.0. The maximum atomic E-state index is 12.5. The first-order chi connectivity index (χ1) is 8.71. The molecule has 0 fully saturated rings. The predicted octanol–water partition coefficient (Wildman–Crippen LogP) is 3.83. The molecule has 1 aromatic carbocycles. The highest BCUT2D eigenvalue weighted by atomic mass is 32.2. The summed E-state index contributed by atoms with van der Waals surface area (Å²) < 4.78 is 49.3. The number of nitrogen functional groups attached to an aromatic ring is 1. The van der Waals surface area contributed by atoms with Crippen molar-refractivity contribution < 1.29 is 17.4 Å². The number of hydrogen-bond donors (Lipinski definition) is 1. The molecule has 0 aromatic heterocycles. The molecule has 2 nitrogen and oxygen atoms in total. The van der Waals surface area contributed by atoms with Crippen LogP contribution in [0.4, 0.5) is 18.9 Å². The Kier molecular flexibility index (Phi) is 5.40. The third kappa shape index (κ3) is 4.86. The molecule has 1 rings (SSSR count). The third-order valence-corrected chi connectivity index (χ3v) is 4.22. The molecule has 0 radical (unpaired) electrons. The van der Waals surface area contributed by atoms with E-state index in [-0.39, 0.29) is 10.6 Å². The van der Waals surface area contributed by atoms with Gasteiger partial charge in [0.25, 0.3) is 0 Å². The number of anilines is 1. The highest BCUT2D eigenvalue weighted by molar-refractivity contribution is 7.85. The van der Waals surface area contributed by atoms with Crippen molar-refractivity contribution in [2.45, 2.75) is 37.8 Å². The smallest absolute Gasteiger partial charge is 0.398 e. The lowest BCUT2D eigenvalue weighted by Gasteiger charge is -2.11. The molecule has 0 bridgehead atoms. The molecular formula is C13H18F3NOS. The molecule has 6 heteroatoms. The van der Waals surface area contributed by atoms with Crippen molar-refractivity contribution in [3.63, 3.8) is 0 Å². The van der Waals surface area contributed by atoms with Gasteiger partial charge in [-0.3, -0.25) is 4.21 Å². The van der Waals surface area contributed by atoms with Crippen LogP contribution in [-0.4, -0.2) is 9.96 Å². The normalized spacial score (nSPS) is 13.8. The number of halogens is 3. The van der Waals surface area contributed by atoms with Crippen molar-refractivity contribution in [1.29, 1.82) is 0 Å². The number of hydrogen-bond acceptors (Lipinski definition) is 2. The Balaban J connectivity index is 2.77. The van der Waals surface area contributed by atoms with E-state index >= 15 is 0 Å². The molecule has 0 saturated heterocycles. The minimum absolute atomic E-state index is 0.0577. The van der Waals surface area contributed by atoms with Crippen LogP contribution in [0.15, 0.2) is 23.1 Å². The van der Waals surface area contributed by atoms with Gasteiger partial charge in [-0.2, -0.15) is 13.2 Å². The maximum Gasteiger partial charge on any atom is 0.416 e. The molecule has 19 heavy (non-hydrogen) atoms. The largest absolute Gasteiger partial charge is 0.416 e. The highest BCUT2D eigenvalue weighted by Gasteiger charge is 2.31. The summed E-state index contributed by atoms with van der Waals surface area (Å²) >= 11 is 0. The minimum Gasteiger partial charge on any atom is -0.398 e. The molecule has 0 saturated carbocycles. The van der Waals surface area contributed by atoms with Crippen LogP contribution in [0, 0.1) is 5.92 Å². The fourth-order valence-electron chi connectivity index (χ4n) is 1.66. The van der Waals surface area contributed by atoms with Crippen LogP contribution in [0.2, 0.25) is 0 Å². The van der Waals surface area contributed by atoms with Gasteiger partial charge in [0.15, 0.2) is 0 Å². The first-order valence-corrected chi connectivity index (χ1v) is 7.39. The van der Waals surface area contributed by atoms with Crippen LogP contribution in [0.3, 0.4) is 0 Å². The second kappa shape index (κ2) is 6.41. The summed E-state index contributed by atoms with van der Waals surface area (Å²) in [6, 6.07) is 2.98. The molecule has 1 aromatic rings. The number of alkyl halides is 3. The van der Waals surface area contributed by atoms with E-state index in [1.807, 2.05) is 0 Å². The summed E-state index contributed by atoms with van der Waals surface area (Å²) in [5.41, 5.74) is 4.69. The lowest BCUT2D eigenvalue weighted by Crippen LogP contribution is -2.08. The lowest BCUT2D eigenvalue weighted by atomic mass is 10.1. The van der Waals surface area contributed by atoms with Crippen LogP contribution in [-0.2, 0) is 17.0 Å². The van der Waals surface area contributed by atoms with Gasteiger partial charge in [0, 0.05) is 11.4 Å². The molecule has 0 aliphatic rings. The summed E-state index contributed by atoms with van der Waals surface area (Å²) in [5.74, 6) is 0.940. The van der Waals surface area contributed by atoms with Gasteiger partial charge >= 0.3 is 6.18 Å². The van der Waals surface area contributed by atoms with Crippen molar-refractivity contribution in [2.24, 2.45) is 5.92 Å². The molecule has 1 unspecified atom stereocenters. The first-order valence-electron chi connectivity index (χ1n) is 6.07. The Hall–Kier alpha value is -1.04. The van der Waals surface area contributed by atoms with E-state index in [1.165, 1.54) is 6.07 Å². The Morgan fingerprint density at radius 1 is 1.32 bits per heavy atom. The molecule has 1 atom stereocenters. The standard InChI is InChI=1S/C13H18F3NOS/c1-9(2)4-3-7-19(18)12-6-5-10(8-11(12)17)13(14,15)16/h5-6,8-9H,3-4,7,17H2,1-2H3. The molecule has 0 spiro atoms. The minimum atomic E-state index is -4.42. The Morgan fingerprint density at radius 2 is 1.95 bits per heavy atom. The zero-order valence-corrected chi connectivity index (χ0v) is 11.8. The quantitative estimate of drug-likeness (QED) is 0.838. The van der Waals surface area contributed by atoms with Crippen molar-refractivity contribution in [1.82, 2.24) is 0 Å². The van der Waals surface area contributed by atoms with Crippen molar-refractivity contribution in [2.75, 3.05) is 11.5 Å². The number of rotatable bonds is 5. The summed E-state index contributed by atoms with van der Waals surface area (Å²) in [6.07, 6.45) is -2.72. The molecule has 0 amide bonds. The average Bonchev–Trinajstić information content (AvgIpc) is 2.26. The Morgan fingerprint density at radius 3 is 2.42 bits per heavy atom. The van der Waals surface area contributed by atoms with Gasteiger partial charge in [-0.05, 0) is 30.5 Å². The second-order valence-electron chi connectivity index (χ2n) is 4.84. The highest BCUT2D eigenvalue weighted by Crippen LogP contribution is 2.32. The number of nitrogens with two attached hydrogens (primary N) is 1. The van der Waals surface area contributed by atoms with Crippen LogP contribution in [0.1, 0.15) is 32.3 Å². The molecule has 0 aliphatic carbocycles. The van der Waals surface area contributed by atoms with Gasteiger partial charge < -0.3 is 5.73 Å². The van der Waals surface area contributed by atoms with Gasteiger partial charge in [-0.25, -0.2) is 0 Å². The maximum absolute atomic E-state index is 12.5. The van der Waals surface area contributed by atoms with Crippen molar-refractivity contribution in [3.05, 3.63) is 23.8 Å². The van der Waals surface area contributed by atoms with E-state index in [0.717, 1.165) is 25.0 Å². The summed E-state index contributed by atoms with van der Waals surface area (Å²) in [4.78, 5) is 0.289. The molecular weight excluding hydrogens is 275 g/mol. The van der Waals surface area contributed by atoms with Crippen LogP contribution in [0.5, 0.6) is 0 Å². The monoisotopic (exact) mass is 293 g/mol. The van der Waals surface area contributed by atoms with E-state index in [2.05, 4.69) is 13.8 Å². The van der Waals surface area contributed by atoms with Gasteiger partial charge in [-0.15, -0.1) is 0 Å². The molecule has 0 aliphatic heterocycles. The van der Waals surface area contributed by atoms with E-state index in [0.29, 0.717) is 11.7 Å². The average molecular weight is 293 g/mol. The van der Waals surface area contributed by atoms with E-state index < -0.39 is 22.5 Å². The Labute approximate surface area is 113 Å². The van der Waals surface area contributed by atoms with E-state index in [1.54, 1.807) is 0 Å². The van der Waals surface area contributed by atoms with Crippen LogP contribution in [0.25, 0.3) is 0 Å². The topological polar surface area (TPSA) is 43.1 Å².